The van der Waals surface area contributed by atoms with Gasteiger partial charge in [-0.1, -0.05) is 11.3 Å². The van der Waals surface area contributed by atoms with Gasteiger partial charge < -0.3 is 4.42 Å². The number of aromatic nitrogens is 3. The maximum atomic E-state index is 11.9. The Labute approximate surface area is 120 Å². The lowest BCUT2D eigenvalue weighted by Gasteiger charge is -1.95. The van der Waals surface area contributed by atoms with Crippen LogP contribution in [0.3, 0.4) is 0 Å². The molecule has 98 valence electrons. The summed E-state index contributed by atoms with van der Waals surface area (Å²) in [7, 11) is 0. The quantitative estimate of drug-likeness (QED) is 0.615. The maximum absolute atomic E-state index is 11.9. The molecular weight excluding hydrogens is 296 g/mol. The van der Waals surface area contributed by atoms with Crippen LogP contribution in [0.5, 0.6) is 0 Å². The lowest BCUT2D eigenvalue weighted by Crippen LogP contribution is -2.11. The third kappa shape index (κ3) is 1.77. The van der Waals surface area contributed by atoms with Crippen molar-refractivity contribution >= 4 is 54.1 Å². The van der Waals surface area contributed by atoms with Crippen molar-refractivity contribution in [3.8, 4) is 0 Å². The molecule has 0 bridgehead atoms. The maximum Gasteiger partial charge on any atom is 0.279 e. The zero-order valence-corrected chi connectivity index (χ0v) is 11.5. The standard InChI is InChI=1S/C12H6N4O2S2/c17-11(8-3-18-4-13-8)16-12-15-7-2-1-6-9(10(7)20-12)19-5-14-6/h1-5H,(H,15,16,17). The molecule has 4 aromatic rings. The van der Waals surface area contributed by atoms with Crippen molar-refractivity contribution < 1.29 is 9.21 Å². The molecule has 0 aliphatic heterocycles. The van der Waals surface area contributed by atoms with Gasteiger partial charge in [-0.25, -0.2) is 15.0 Å². The summed E-state index contributed by atoms with van der Waals surface area (Å²) >= 11 is 2.99. The van der Waals surface area contributed by atoms with Crippen molar-refractivity contribution in [2.45, 2.75) is 0 Å². The average molecular weight is 302 g/mol. The van der Waals surface area contributed by atoms with Crippen LogP contribution in [0.1, 0.15) is 10.5 Å². The molecule has 3 aromatic heterocycles. The molecule has 0 unspecified atom stereocenters. The van der Waals surface area contributed by atoms with Gasteiger partial charge in [0.25, 0.3) is 5.91 Å². The zero-order valence-electron chi connectivity index (χ0n) is 9.86. The molecule has 0 atom stereocenters. The van der Waals surface area contributed by atoms with Gasteiger partial charge in [0.2, 0.25) is 0 Å². The number of anilines is 1. The van der Waals surface area contributed by atoms with E-state index in [0.29, 0.717) is 5.13 Å². The summed E-state index contributed by atoms with van der Waals surface area (Å²) in [4.78, 5) is 24.4. The number of nitrogens with one attached hydrogen (secondary N) is 1. The van der Waals surface area contributed by atoms with Crippen LogP contribution in [-0.2, 0) is 0 Å². The summed E-state index contributed by atoms with van der Waals surface area (Å²) < 4.78 is 6.90. The highest BCUT2D eigenvalue weighted by molar-refractivity contribution is 7.28. The first-order valence-corrected chi connectivity index (χ1v) is 7.33. The van der Waals surface area contributed by atoms with Crippen LogP contribution < -0.4 is 5.32 Å². The highest BCUT2D eigenvalue weighted by Crippen LogP contribution is 2.34. The minimum Gasteiger partial charge on any atom is -0.451 e. The van der Waals surface area contributed by atoms with E-state index in [4.69, 9.17) is 4.42 Å². The van der Waals surface area contributed by atoms with Gasteiger partial charge in [0.05, 0.1) is 25.9 Å². The highest BCUT2D eigenvalue weighted by atomic mass is 32.1. The second-order valence-electron chi connectivity index (χ2n) is 3.96. The lowest BCUT2D eigenvalue weighted by atomic mass is 10.3. The number of carbonyl (C=O) groups is 1. The number of hydrogen-bond donors (Lipinski definition) is 1. The summed E-state index contributed by atoms with van der Waals surface area (Å²) in [5, 5.41) is 3.26. The molecule has 20 heavy (non-hydrogen) atoms. The fourth-order valence-electron chi connectivity index (χ4n) is 1.85. The van der Waals surface area contributed by atoms with Crippen molar-refractivity contribution in [2.75, 3.05) is 5.32 Å². The first-order valence-electron chi connectivity index (χ1n) is 5.63. The molecule has 0 radical (unpaired) electrons. The normalized spacial score (nSPS) is 11.2. The predicted molar refractivity (Wildman–Crippen MR) is 77.3 cm³/mol. The van der Waals surface area contributed by atoms with Crippen molar-refractivity contribution in [1.29, 1.82) is 0 Å². The van der Waals surface area contributed by atoms with Crippen LogP contribution in [-0.4, -0.2) is 20.9 Å². The Hall–Kier alpha value is -2.32. The Kier molecular flexibility index (Phi) is 2.51. The van der Waals surface area contributed by atoms with Gasteiger partial charge in [-0.05, 0) is 12.1 Å². The molecule has 8 heteroatoms. The SMILES string of the molecule is O=C(Nc1nc2ccc3ncsc3c2s1)c1cocn1. The van der Waals surface area contributed by atoms with E-state index in [1.807, 2.05) is 12.1 Å². The summed E-state index contributed by atoms with van der Waals surface area (Å²) in [6.07, 6.45) is 2.51. The van der Waals surface area contributed by atoms with Gasteiger partial charge in [0.1, 0.15) is 6.26 Å². The number of rotatable bonds is 2. The molecule has 0 fully saturated rings. The molecule has 1 aromatic carbocycles. The Morgan fingerprint density at radius 3 is 2.95 bits per heavy atom. The van der Waals surface area contributed by atoms with E-state index in [0.717, 1.165) is 20.4 Å². The number of benzene rings is 1. The molecule has 0 aliphatic rings. The molecule has 6 nitrogen and oxygen atoms in total. The minimum absolute atomic E-state index is 0.229. The topological polar surface area (TPSA) is 80.9 Å². The number of fused-ring (bicyclic) bond motifs is 3. The molecule has 1 N–H and O–H groups in total. The molecule has 0 saturated carbocycles. The number of oxazole rings is 1. The van der Waals surface area contributed by atoms with E-state index >= 15 is 0 Å². The monoisotopic (exact) mass is 302 g/mol. The zero-order chi connectivity index (χ0) is 13.5. The Balaban J connectivity index is 1.75. The van der Waals surface area contributed by atoms with Gasteiger partial charge in [-0.15, -0.1) is 11.3 Å². The molecule has 0 aliphatic carbocycles. The third-order valence-electron chi connectivity index (χ3n) is 2.74. The molecule has 0 saturated heterocycles. The molecular formula is C12H6N4O2S2. The van der Waals surface area contributed by atoms with E-state index in [9.17, 15) is 4.79 Å². The van der Waals surface area contributed by atoms with Crippen LogP contribution in [0.2, 0.25) is 0 Å². The van der Waals surface area contributed by atoms with Gasteiger partial charge in [-0.3, -0.25) is 10.1 Å². The van der Waals surface area contributed by atoms with E-state index < -0.39 is 0 Å². The number of amides is 1. The number of carbonyl (C=O) groups excluding carboxylic acids is 1. The van der Waals surface area contributed by atoms with Gasteiger partial charge in [0.15, 0.2) is 17.2 Å². The Morgan fingerprint density at radius 1 is 1.20 bits per heavy atom. The smallest absolute Gasteiger partial charge is 0.279 e. The van der Waals surface area contributed by atoms with Crippen LogP contribution >= 0.6 is 22.7 Å². The largest absolute Gasteiger partial charge is 0.451 e. The highest BCUT2D eigenvalue weighted by Gasteiger charge is 2.14. The predicted octanol–water partition coefficient (Wildman–Crippen LogP) is 3.15. The second kappa shape index (κ2) is 4.36. The second-order valence-corrected chi connectivity index (χ2v) is 5.82. The van der Waals surface area contributed by atoms with E-state index in [1.165, 1.54) is 24.0 Å². The minimum atomic E-state index is -0.335. The van der Waals surface area contributed by atoms with E-state index in [1.54, 1.807) is 16.8 Å². The summed E-state index contributed by atoms with van der Waals surface area (Å²) in [6, 6.07) is 3.83. The molecule has 4 rings (SSSR count). The summed E-state index contributed by atoms with van der Waals surface area (Å²) in [6.45, 7) is 0. The summed E-state index contributed by atoms with van der Waals surface area (Å²) in [5.74, 6) is -0.335. The van der Waals surface area contributed by atoms with Gasteiger partial charge in [0, 0.05) is 0 Å². The lowest BCUT2D eigenvalue weighted by molar-refractivity contribution is 0.102. The van der Waals surface area contributed by atoms with Crippen LogP contribution in [0.15, 0.2) is 34.7 Å². The van der Waals surface area contributed by atoms with Crippen molar-refractivity contribution in [1.82, 2.24) is 15.0 Å². The molecule has 1 amide bonds. The number of nitrogens with zero attached hydrogens (tertiary/aromatic N) is 3. The van der Waals surface area contributed by atoms with Gasteiger partial charge >= 0.3 is 0 Å². The van der Waals surface area contributed by atoms with Crippen molar-refractivity contribution in [3.05, 3.63) is 36.0 Å². The fourth-order valence-corrected chi connectivity index (χ4v) is 3.74. The van der Waals surface area contributed by atoms with Gasteiger partial charge in [-0.2, -0.15) is 0 Å². The first-order chi connectivity index (χ1) is 9.81. The Morgan fingerprint density at radius 2 is 2.10 bits per heavy atom. The van der Waals surface area contributed by atoms with Crippen LogP contribution in [0.4, 0.5) is 5.13 Å². The first kappa shape index (κ1) is 11.5. The van der Waals surface area contributed by atoms with Crippen molar-refractivity contribution in [2.24, 2.45) is 0 Å². The average Bonchev–Trinajstić information content (AvgIpc) is 3.17. The molecule has 3 heterocycles. The Bertz CT molecular complexity index is 910. The van der Waals surface area contributed by atoms with Crippen LogP contribution in [0, 0.1) is 0 Å². The van der Waals surface area contributed by atoms with E-state index in [-0.39, 0.29) is 11.6 Å². The van der Waals surface area contributed by atoms with Crippen molar-refractivity contribution in [3.63, 3.8) is 0 Å². The summed E-state index contributed by atoms with van der Waals surface area (Å²) in [5.41, 5.74) is 3.83. The molecule has 0 spiro atoms. The fraction of sp³-hybridized carbons (Fsp3) is 0. The number of hydrogen-bond acceptors (Lipinski definition) is 7. The van der Waals surface area contributed by atoms with E-state index in [2.05, 4.69) is 20.3 Å². The van der Waals surface area contributed by atoms with Crippen LogP contribution in [0.25, 0.3) is 20.4 Å². The number of thiazole rings is 2. The third-order valence-corrected chi connectivity index (χ3v) is 4.73.